The zero-order valence-electron chi connectivity index (χ0n) is 18.6. The number of amides is 1. The third-order valence-corrected chi connectivity index (χ3v) is 5.52. The highest BCUT2D eigenvalue weighted by molar-refractivity contribution is 5.95. The molecule has 0 fully saturated rings. The highest BCUT2D eigenvalue weighted by Gasteiger charge is 2.19. The average molecular weight is 433 g/mol. The zero-order valence-corrected chi connectivity index (χ0v) is 18.6. The Morgan fingerprint density at radius 3 is 2.44 bits per heavy atom. The van der Waals surface area contributed by atoms with Gasteiger partial charge >= 0.3 is 0 Å². The number of ether oxygens (including phenoxy) is 3. The second kappa shape index (κ2) is 9.64. The number of hydrogen-bond acceptors (Lipinski definition) is 5. The van der Waals surface area contributed by atoms with Gasteiger partial charge in [0.25, 0.3) is 5.91 Å². The molecule has 3 aromatic carbocycles. The Morgan fingerprint density at radius 2 is 1.69 bits per heavy atom. The van der Waals surface area contributed by atoms with Crippen molar-refractivity contribution in [1.82, 2.24) is 5.32 Å². The molecule has 1 aliphatic heterocycles. The molecule has 0 aromatic heterocycles. The lowest BCUT2D eigenvalue weighted by atomic mass is 9.98. The number of nitrogens with one attached hydrogen (secondary N) is 1. The van der Waals surface area contributed by atoms with Crippen LogP contribution in [0.1, 0.15) is 21.5 Å². The summed E-state index contributed by atoms with van der Waals surface area (Å²) in [4.78, 5) is 15.1. The fourth-order valence-corrected chi connectivity index (χ4v) is 3.77. The summed E-state index contributed by atoms with van der Waals surface area (Å²) in [6, 6.07) is 21.4. The molecule has 1 heterocycles. The van der Waals surface area contributed by atoms with Crippen LogP contribution in [-0.2, 0) is 12.8 Å². The Hall–Kier alpha value is -3.67. The molecule has 0 spiro atoms. The molecule has 3 aromatic rings. The highest BCUT2D eigenvalue weighted by atomic mass is 16.7. The first kappa shape index (κ1) is 21.6. The summed E-state index contributed by atoms with van der Waals surface area (Å²) in [7, 11) is 5.58. The average Bonchev–Trinajstić information content (AvgIpc) is 3.27. The summed E-state index contributed by atoms with van der Waals surface area (Å²) in [6.45, 7) is 0.243. The number of carbonyl (C=O) groups is 1. The summed E-state index contributed by atoms with van der Waals surface area (Å²) in [6.07, 6.45) is 1.36. The van der Waals surface area contributed by atoms with E-state index in [1.165, 1.54) is 0 Å². The topological polar surface area (TPSA) is 60.0 Å². The van der Waals surface area contributed by atoms with Gasteiger partial charge in [0, 0.05) is 31.4 Å². The monoisotopic (exact) mass is 432 g/mol. The number of fused-ring (bicyclic) bond motifs is 1. The van der Waals surface area contributed by atoms with Crippen molar-refractivity contribution < 1.29 is 19.0 Å². The Labute approximate surface area is 188 Å². The molecule has 0 saturated carbocycles. The number of carbonyl (C=O) groups excluding carboxylic acids is 1. The maximum atomic E-state index is 13.1. The molecule has 1 aliphatic rings. The fraction of sp³-hybridized carbons (Fsp3) is 0.269. The molecule has 1 amide bonds. The minimum atomic E-state index is -0.0979. The lowest BCUT2D eigenvalue weighted by molar-refractivity contribution is 0.0936. The van der Waals surface area contributed by atoms with Gasteiger partial charge < -0.3 is 24.4 Å². The molecule has 4 rings (SSSR count). The smallest absolute Gasteiger partial charge is 0.251 e. The van der Waals surface area contributed by atoms with E-state index >= 15 is 0 Å². The predicted octanol–water partition coefficient (Wildman–Crippen LogP) is 4.07. The number of benzene rings is 3. The molecule has 166 valence electrons. The van der Waals surface area contributed by atoms with Gasteiger partial charge in [-0.1, -0.05) is 24.3 Å². The van der Waals surface area contributed by atoms with Crippen molar-refractivity contribution in [3.63, 3.8) is 0 Å². The number of rotatable bonds is 8. The maximum Gasteiger partial charge on any atom is 0.251 e. The Kier molecular flexibility index (Phi) is 6.50. The number of nitrogens with zero attached hydrogens (tertiary/aromatic N) is 1. The van der Waals surface area contributed by atoms with E-state index in [1.54, 1.807) is 7.11 Å². The normalized spacial score (nSPS) is 12.8. The van der Waals surface area contributed by atoms with Crippen molar-refractivity contribution in [1.29, 1.82) is 0 Å². The van der Waals surface area contributed by atoms with Crippen LogP contribution in [0.4, 0.5) is 5.69 Å². The Bertz CT molecular complexity index is 1080. The Balaban J connectivity index is 1.54. The van der Waals surface area contributed by atoms with Crippen LogP contribution in [0.5, 0.6) is 17.2 Å². The van der Waals surface area contributed by atoms with Crippen molar-refractivity contribution in [3.8, 4) is 17.2 Å². The summed E-state index contributed by atoms with van der Waals surface area (Å²) in [5.74, 6) is 2.22. The van der Waals surface area contributed by atoms with Crippen molar-refractivity contribution in [2.45, 2.75) is 18.9 Å². The highest BCUT2D eigenvalue weighted by Crippen LogP contribution is 2.33. The second-order valence-electron chi connectivity index (χ2n) is 8.06. The van der Waals surface area contributed by atoms with Crippen LogP contribution in [0.25, 0.3) is 0 Å². The van der Waals surface area contributed by atoms with Crippen LogP contribution < -0.4 is 24.4 Å². The van der Waals surface area contributed by atoms with E-state index in [4.69, 9.17) is 14.2 Å². The minimum absolute atomic E-state index is 0.0899. The van der Waals surface area contributed by atoms with Crippen molar-refractivity contribution >= 4 is 11.6 Å². The molecule has 0 saturated heterocycles. The van der Waals surface area contributed by atoms with E-state index in [1.807, 2.05) is 85.7 Å². The van der Waals surface area contributed by atoms with Crippen LogP contribution in [0, 0.1) is 0 Å². The Morgan fingerprint density at radius 1 is 0.969 bits per heavy atom. The van der Waals surface area contributed by atoms with Crippen LogP contribution in [0.15, 0.2) is 66.7 Å². The van der Waals surface area contributed by atoms with Crippen LogP contribution in [-0.4, -0.2) is 39.9 Å². The van der Waals surface area contributed by atoms with Crippen molar-refractivity contribution in [3.05, 3.63) is 83.4 Å². The number of methoxy groups -OCH3 is 1. The van der Waals surface area contributed by atoms with E-state index < -0.39 is 0 Å². The molecular weight excluding hydrogens is 404 g/mol. The van der Waals surface area contributed by atoms with Gasteiger partial charge in [0.1, 0.15) is 5.75 Å². The van der Waals surface area contributed by atoms with E-state index in [9.17, 15) is 4.79 Å². The van der Waals surface area contributed by atoms with Crippen LogP contribution >= 0.6 is 0 Å². The quantitative estimate of drug-likeness (QED) is 0.581. The zero-order chi connectivity index (χ0) is 22.5. The van der Waals surface area contributed by atoms with Crippen LogP contribution in [0.2, 0.25) is 0 Å². The second-order valence-corrected chi connectivity index (χ2v) is 8.06. The molecule has 0 radical (unpaired) electrons. The lowest BCUT2D eigenvalue weighted by Crippen LogP contribution is -2.38. The van der Waals surface area contributed by atoms with Gasteiger partial charge in [0.15, 0.2) is 11.5 Å². The minimum Gasteiger partial charge on any atom is -0.497 e. The molecule has 0 unspecified atom stereocenters. The van der Waals surface area contributed by atoms with Gasteiger partial charge in [0.2, 0.25) is 6.79 Å². The first-order valence-corrected chi connectivity index (χ1v) is 10.6. The molecule has 6 nitrogen and oxygen atoms in total. The van der Waals surface area contributed by atoms with Gasteiger partial charge in [-0.25, -0.2) is 0 Å². The number of hydrogen-bond donors (Lipinski definition) is 1. The van der Waals surface area contributed by atoms with E-state index in [-0.39, 0.29) is 18.7 Å². The molecule has 1 N–H and O–H groups in total. The molecule has 32 heavy (non-hydrogen) atoms. The van der Waals surface area contributed by atoms with Crippen molar-refractivity contribution in [2.75, 3.05) is 32.9 Å². The first-order chi connectivity index (χ1) is 15.5. The van der Waals surface area contributed by atoms with Gasteiger partial charge in [-0.15, -0.1) is 0 Å². The molecule has 0 bridgehead atoms. The van der Waals surface area contributed by atoms with Crippen LogP contribution in [0.3, 0.4) is 0 Å². The van der Waals surface area contributed by atoms with Gasteiger partial charge in [-0.2, -0.15) is 0 Å². The molecular formula is C26H28N2O4. The fourth-order valence-electron chi connectivity index (χ4n) is 3.77. The molecule has 1 atom stereocenters. The van der Waals surface area contributed by atoms with Gasteiger partial charge in [0.05, 0.1) is 7.11 Å². The summed E-state index contributed by atoms with van der Waals surface area (Å²) in [5, 5.41) is 3.23. The standard InChI is InChI=1S/C26H28N2O4/c1-28(2)22-6-4-5-20(16-22)26(29)27-21(13-18-7-10-23(30-3)11-8-18)14-19-9-12-24-25(15-19)32-17-31-24/h4-12,15-16,21H,13-14,17H2,1-3H3,(H,27,29)/t21-/m1/s1. The maximum absolute atomic E-state index is 13.1. The number of anilines is 1. The molecule has 0 aliphatic carbocycles. The summed E-state index contributed by atoms with van der Waals surface area (Å²) >= 11 is 0. The third kappa shape index (κ3) is 5.14. The predicted molar refractivity (Wildman–Crippen MR) is 125 cm³/mol. The van der Waals surface area contributed by atoms with E-state index in [2.05, 4.69) is 5.32 Å². The summed E-state index contributed by atoms with van der Waals surface area (Å²) in [5.41, 5.74) is 3.83. The van der Waals surface area contributed by atoms with Crippen molar-refractivity contribution in [2.24, 2.45) is 0 Å². The van der Waals surface area contributed by atoms with Gasteiger partial charge in [-0.3, -0.25) is 4.79 Å². The van der Waals surface area contributed by atoms with Gasteiger partial charge in [-0.05, 0) is 66.4 Å². The largest absolute Gasteiger partial charge is 0.497 e. The molecule has 6 heteroatoms. The first-order valence-electron chi connectivity index (χ1n) is 10.6. The van der Waals surface area contributed by atoms with E-state index in [0.717, 1.165) is 34.1 Å². The summed E-state index contributed by atoms with van der Waals surface area (Å²) < 4.78 is 16.2. The lowest BCUT2D eigenvalue weighted by Gasteiger charge is -2.20. The van der Waals surface area contributed by atoms with E-state index in [0.29, 0.717) is 18.4 Å². The third-order valence-electron chi connectivity index (χ3n) is 5.52. The SMILES string of the molecule is COc1ccc(C[C@H](Cc2ccc3c(c2)OCO3)NC(=O)c2cccc(N(C)C)c2)cc1.